The monoisotopic (exact) mass is 166 g/mol. The van der Waals surface area contributed by atoms with Crippen molar-refractivity contribution in [1.82, 2.24) is 5.32 Å². The molecule has 12 heavy (non-hydrogen) atoms. The van der Waals surface area contributed by atoms with Gasteiger partial charge >= 0.3 is 0 Å². The van der Waals surface area contributed by atoms with Gasteiger partial charge in [0, 0.05) is 25.2 Å². The van der Waals surface area contributed by atoms with Crippen molar-refractivity contribution in [1.29, 1.82) is 0 Å². The van der Waals surface area contributed by atoms with Gasteiger partial charge in [-0.3, -0.25) is 0 Å². The largest absolute Gasteiger partial charge is 0.388 e. The highest BCUT2D eigenvalue weighted by atomic mass is 14.9. The summed E-state index contributed by atoms with van der Waals surface area (Å²) in [6, 6.07) is 0. The van der Waals surface area contributed by atoms with Crippen LogP contribution in [-0.2, 0) is 0 Å². The van der Waals surface area contributed by atoms with E-state index >= 15 is 0 Å². The molecule has 0 unspecified atom stereocenters. The molecule has 0 amide bonds. The molecular weight excluding hydrogens is 148 g/mol. The third-order valence-electron chi connectivity index (χ3n) is 1.62. The predicted molar refractivity (Wildman–Crippen MR) is 53.5 cm³/mol. The maximum Gasteiger partial charge on any atom is 0.0322 e. The van der Waals surface area contributed by atoms with Crippen LogP contribution < -0.4 is 11.1 Å². The van der Waals surface area contributed by atoms with Crippen molar-refractivity contribution in [2.75, 3.05) is 13.1 Å². The molecule has 0 saturated carbocycles. The van der Waals surface area contributed by atoms with Crippen LogP contribution in [0, 0.1) is 12.3 Å². The molecule has 0 saturated heterocycles. The van der Waals surface area contributed by atoms with Crippen LogP contribution in [-0.4, -0.2) is 13.1 Å². The van der Waals surface area contributed by atoms with E-state index in [0.717, 1.165) is 31.5 Å². The lowest BCUT2D eigenvalue weighted by molar-refractivity contribution is 0.648. The summed E-state index contributed by atoms with van der Waals surface area (Å²) >= 11 is 0. The van der Waals surface area contributed by atoms with Gasteiger partial charge in [-0.15, -0.1) is 12.3 Å². The summed E-state index contributed by atoms with van der Waals surface area (Å²) in [6.45, 7) is 5.22. The fourth-order valence-electron chi connectivity index (χ4n) is 0.866. The van der Waals surface area contributed by atoms with E-state index in [9.17, 15) is 0 Å². The van der Waals surface area contributed by atoms with Crippen LogP contribution in [0.5, 0.6) is 0 Å². The third-order valence-corrected chi connectivity index (χ3v) is 1.62. The first-order chi connectivity index (χ1) is 5.81. The Morgan fingerprint density at radius 2 is 2.17 bits per heavy atom. The molecule has 0 aromatic heterocycles. The van der Waals surface area contributed by atoms with Crippen LogP contribution in [0.1, 0.15) is 25.7 Å². The van der Waals surface area contributed by atoms with E-state index in [1.54, 1.807) is 0 Å². The van der Waals surface area contributed by atoms with Crippen molar-refractivity contribution in [3.8, 4) is 12.3 Å². The van der Waals surface area contributed by atoms with Crippen LogP contribution in [0.25, 0.3) is 0 Å². The molecule has 0 aliphatic carbocycles. The summed E-state index contributed by atoms with van der Waals surface area (Å²) in [6.07, 6.45) is 9.44. The van der Waals surface area contributed by atoms with Gasteiger partial charge in [0.15, 0.2) is 0 Å². The van der Waals surface area contributed by atoms with Gasteiger partial charge in [0.25, 0.3) is 0 Å². The van der Waals surface area contributed by atoms with Gasteiger partial charge in [0.2, 0.25) is 0 Å². The minimum Gasteiger partial charge on any atom is -0.388 e. The Balaban J connectivity index is 3.01. The second-order valence-electron chi connectivity index (χ2n) is 2.75. The number of rotatable bonds is 7. The van der Waals surface area contributed by atoms with E-state index in [4.69, 9.17) is 12.2 Å². The van der Waals surface area contributed by atoms with Crippen LogP contribution in [0.3, 0.4) is 0 Å². The number of nitrogens with two attached hydrogens (primary N) is 1. The Morgan fingerprint density at radius 3 is 2.75 bits per heavy atom. The van der Waals surface area contributed by atoms with E-state index in [-0.39, 0.29) is 0 Å². The van der Waals surface area contributed by atoms with E-state index in [2.05, 4.69) is 17.8 Å². The molecule has 2 heteroatoms. The van der Waals surface area contributed by atoms with Crippen molar-refractivity contribution in [3.05, 3.63) is 12.3 Å². The molecule has 0 fully saturated rings. The molecule has 0 aliphatic rings. The fourth-order valence-corrected chi connectivity index (χ4v) is 0.866. The molecular formula is C10H18N2. The normalized spacial score (nSPS) is 9.00. The molecule has 0 rings (SSSR count). The summed E-state index contributed by atoms with van der Waals surface area (Å²) in [5, 5.41) is 3.14. The Hall–Kier alpha value is -0.940. The SMILES string of the molecule is C#CCCCCCNC(=C)CN. The van der Waals surface area contributed by atoms with Crippen LogP contribution >= 0.6 is 0 Å². The van der Waals surface area contributed by atoms with E-state index in [0.29, 0.717) is 6.54 Å². The molecule has 3 N–H and O–H groups in total. The second kappa shape index (κ2) is 8.16. The van der Waals surface area contributed by atoms with Crippen molar-refractivity contribution in [2.45, 2.75) is 25.7 Å². The average Bonchev–Trinajstić information content (AvgIpc) is 2.10. The summed E-state index contributed by atoms with van der Waals surface area (Å²) in [5.74, 6) is 2.62. The summed E-state index contributed by atoms with van der Waals surface area (Å²) in [7, 11) is 0. The molecule has 0 spiro atoms. The molecule has 0 radical (unpaired) electrons. The zero-order chi connectivity index (χ0) is 9.23. The quantitative estimate of drug-likeness (QED) is 0.441. The summed E-state index contributed by atoms with van der Waals surface area (Å²) < 4.78 is 0. The third kappa shape index (κ3) is 7.17. The molecule has 2 nitrogen and oxygen atoms in total. The number of nitrogens with one attached hydrogen (secondary N) is 1. The van der Waals surface area contributed by atoms with Gasteiger partial charge in [-0.2, -0.15) is 0 Å². The second-order valence-corrected chi connectivity index (χ2v) is 2.75. The van der Waals surface area contributed by atoms with Gasteiger partial charge in [0.1, 0.15) is 0 Å². The molecule has 0 aromatic carbocycles. The summed E-state index contributed by atoms with van der Waals surface area (Å²) in [4.78, 5) is 0. The average molecular weight is 166 g/mol. The minimum absolute atomic E-state index is 0.518. The zero-order valence-corrected chi connectivity index (χ0v) is 7.60. The fraction of sp³-hybridized carbons (Fsp3) is 0.600. The van der Waals surface area contributed by atoms with Crippen molar-refractivity contribution in [2.24, 2.45) is 5.73 Å². The molecule has 0 aliphatic heterocycles. The highest BCUT2D eigenvalue weighted by Crippen LogP contribution is 1.97. The Bertz CT molecular complexity index is 156. The number of unbranched alkanes of at least 4 members (excludes halogenated alkanes) is 3. The Labute approximate surface area is 75.2 Å². The van der Waals surface area contributed by atoms with Crippen LogP contribution in [0.2, 0.25) is 0 Å². The van der Waals surface area contributed by atoms with Gasteiger partial charge < -0.3 is 11.1 Å². The standard InChI is InChI=1S/C10H18N2/c1-3-4-5-6-7-8-12-10(2)9-11/h1,12H,2,4-9,11H2. The lowest BCUT2D eigenvalue weighted by atomic mass is 10.2. The first-order valence-corrected chi connectivity index (χ1v) is 4.36. The zero-order valence-electron chi connectivity index (χ0n) is 7.60. The van der Waals surface area contributed by atoms with E-state index < -0.39 is 0 Å². The minimum atomic E-state index is 0.518. The first kappa shape index (κ1) is 11.1. The number of hydrogen-bond donors (Lipinski definition) is 2. The predicted octanol–water partition coefficient (Wildman–Crippen LogP) is 1.24. The lowest BCUT2D eigenvalue weighted by Gasteiger charge is -2.05. The summed E-state index contributed by atoms with van der Waals surface area (Å²) in [5.41, 5.74) is 6.26. The number of terminal acetylenes is 1. The molecule has 68 valence electrons. The van der Waals surface area contributed by atoms with Gasteiger partial charge in [-0.25, -0.2) is 0 Å². The Morgan fingerprint density at radius 1 is 1.42 bits per heavy atom. The topological polar surface area (TPSA) is 38.0 Å². The van der Waals surface area contributed by atoms with Gasteiger partial charge in [-0.05, 0) is 12.8 Å². The number of hydrogen-bond acceptors (Lipinski definition) is 2. The van der Waals surface area contributed by atoms with Crippen molar-refractivity contribution >= 4 is 0 Å². The first-order valence-electron chi connectivity index (χ1n) is 4.36. The molecule has 0 heterocycles. The lowest BCUT2D eigenvalue weighted by Crippen LogP contribution is -2.20. The highest BCUT2D eigenvalue weighted by Gasteiger charge is 1.89. The van der Waals surface area contributed by atoms with Gasteiger partial charge in [-0.1, -0.05) is 13.0 Å². The van der Waals surface area contributed by atoms with Crippen LogP contribution in [0.4, 0.5) is 0 Å². The van der Waals surface area contributed by atoms with Crippen molar-refractivity contribution < 1.29 is 0 Å². The molecule has 0 bridgehead atoms. The molecule has 0 atom stereocenters. The smallest absolute Gasteiger partial charge is 0.0322 e. The molecule has 0 aromatic rings. The van der Waals surface area contributed by atoms with E-state index in [1.807, 2.05) is 0 Å². The van der Waals surface area contributed by atoms with E-state index in [1.165, 1.54) is 6.42 Å². The van der Waals surface area contributed by atoms with Gasteiger partial charge in [0.05, 0.1) is 0 Å². The highest BCUT2D eigenvalue weighted by molar-refractivity contribution is 4.91. The maximum absolute atomic E-state index is 5.35. The van der Waals surface area contributed by atoms with Crippen molar-refractivity contribution in [3.63, 3.8) is 0 Å². The van der Waals surface area contributed by atoms with Crippen LogP contribution in [0.15, 0.2) is 12.3 Å². The maximum atomic E-state index is 5.35. The Kier molecular flexibility index (Phi) is 7.52.